The van der Waals surface area contributed by atoms with Gasteiger partial charge in [0.2, 0.25) is 0 Å². The van der Waals surface area contributed by atoms with Gasteiger partial charge in [-0.3, -0.25) is 4.79 Å². The molecule has 1 atom stereocenters. The molecule has 0 amide bonds. The van der Waals surface area contributed by atoms with E-state index in [-0.39, 0.29) is 12.4 Å². The predicted molar refractivity (Wildman–Crippen MR) is 109 cm³/mol. The minimum atomic E-state index is -0.570. The molecule has 0 aliphatic rings. The summed E-state index contributed by atoms with van der Waals surface area (Å²) in [7, 11) is 4.21. The molecule has 0 saturated heterocycles. The smallest absolute Gasteiger partial charge is 0.166 e. The number of aliphatic hydroxyl groups is 1. The Hall–Kier alpha value is -2.17. The normalized spacial score (nSPS) is 12.6. The Balaban J connectivity index is 1.93. The molecule has 2 aromatic rings. The number of quaternary nitrogens is 1. The predicted octanol–water partition coefficient (Wildman–Crippen LogP) is 3.73. The van der Waals surface area contributed by atoms with E-state index in [0.717, 1.165) is 23.0 Å². The molecule has 4 nitrogen and oxygen atoms in total. The van der Waals surface area contributed by atoms with Crippen molar-refractivity contribution in [2.75, 3.05) is 33.8 Å². The molecule has 0 aliphatic carbocycles. The fourth-order valence-electron chi connectivity index (χ4n) is 3.37. The summed E-state index contributed by atoms with van der Waals surface area (Å²) in [6.45, 7) is 3.96. The third-order valence-electron chi connectivity index (χ3n) is 4.64. The highest BCUT2D eigenvalue weighted by Crippen LogP contribution is 2.21. The summed E-state index contributed by atoms with van der Waals surface area (Å²) >= 11 is 0. The summed E-state index contributed by atoms with van der Waals surface area (Å²) in [6, 6.07) is 17.3. The third kappa shape index (κ3) is 7.16. The molecule has 2 aromatic carbocycles. The summed E-state index contributed by atoms with van der Waals surface area (Å²) in [5.41, 5.74) is 1.73. The van der Waals surface area contributed by atoms with Crippen LogP contribution in [-0.4, -0.2) is 55.3 Å². The van der Waals surface area contributed by atoms with Crippen LogP contribution in [0.25, 0.3) is 0 Å². The molecule has 0 radical (unpaired) electrons. The Bertz CT molecular complexity index is 713. The number of benzene rings is 2. The molecule has 1 N–H and O–H groups in total. The van der Waals surface area contributed by atoms with Gasteiger partial charge in [0.1, 0.15) is 25.0 Å². The number of likely N-dealkylation sites (N-methyl/N-ethyl adjacent to an activating group) is 1. The van der Waals surface area contributed by atoms with E-state index in [1.165, 1.54) is 0 Å². The third-order valence-corrected chi connectivity index (χ3v) is 4.64. The standard InChI is InChI=1S/C23H32NO3/c1-4-16-24(2,3)17-20(25)18-27-23-13-9-8-12-21(23)22(26)15-14-19-10-6-5-7-11-19/h5-13,20,25H,4,14-18H2,1-3H3/q+1. The van der Waals surface area contributed by atoms with Crippen LogP contribution in [0.1, 0.15) is 35.7 Å². The molecule has 0 heterocycles. The number of carbonyl (C=O) groups is 1. The molecule has 4 heteroatoms. The van der Waals surface area contributed by atoms with Crippen LogP contribution in [0.15, 0.2) is 54.6 Å². The Morgan fingerprint density at radius 2 is 1.74 bits per heavy atom. The van der Waals surface area contributed by atoms with Gasteiger partial charge in [-0.1, -0.05) is 49.4 Å². The second-order valence-corrected chi connectivity index (χ2v) is 7.71. The van der Waals surface area contributed by atoms with Crippen LogP contribution in [-0.2, 0) is 6.42 Å². The van der Waals surface area contributed by atoms with E-state index in [1.807, 2.05) is 42.5 Å². The monoisotopic (exact) mass is 370 g/mol. The number of para-hydroxylation sites is 1. The van der Waals surface area contributed by atoms with Gasteiger partial charge in [-0.05, 0) is 30.5 Å². The summed E-state index contributed by atoms with van der Waals surface area (Å²) in [4.78, 5) is 12.7. The molecular weight excluding hydrogens is 338 g/mol. The summed E-state index contributed by atoms with van der Waals surface area (Å²) < 4.78 is 6.56. The van der Waals surface area contributed by atoms with Gasteiger partial charge in [0.05, 0.1) is 26.2 Å². The maximum Gasteiger partial charge on any atom is 0.166 e. The molecule has 0 aliphatic heterocycles. The molecule has 2 rings (SSSR count). The van der Waals surface area contributed by atoms with Crippen LogP contribution in [0.4, 0.5) is 0 Å². The van der Waals surface area contributed by atoms with Crippen molar-refractivity contribution in [3.8, 4) is 5.75 Å². The molecule has 0 saturated carbocycles. The van der Waals surface area contributed by atoms with Crippen molar-refractivity contribution in [2.45, 2.75) is 32.3 Å². The van der Waals surface area contributed by atoms with Gasteiger partial charge in [-0.25, -0.2) is 0 Å². The number of hydrogen-bond donors (Lipinski definition) is 1. The molecule has 27 heavy (non-hydrogen) atoms. The van der Waals surface area contributed by atoms with Gasteiger partial charge in [0, 0.05) is 6.42 Å². The first kappa shape index (κ1) is 21.1. The van der Waals surface area contributed by atoms with Crippen LogP contribution in [0.3, 0.4) is 0 Å². The minimum Gasteiger partial charge on any atom is -0.490 e. The Kier molecular flexibility index (Phi) is 8.01. The van der Waals surface area contributed by atoms with E-state index in [9.17, 15) is 9.90 Å². The Morgan fingerprint density at radius 3 is 2.44 bits per heavy atom. The number of nitrogens with zero attached hydrogens (tertiary/aromatic N) is 1. The highest BCUT2D eigenvalue weighted by Gasteiger charge is 2.21. The van der Waals surface area contributed by atoms with Crippen LogP contribution >= 0.6 is 0 Å². The largest absolute Gasteiger partial charge is 0.490 e. The maximum absolute atomic E-state index is 12.7. The van der Waals surface area contributed by atoms with Gasteiger partial charge >= 0.3 is 0 Å². The van der Waals surface area contributed by atoms with Gasteiger partial charge in [0.25, 0.3) is 0 Å². The number of Topliss-reactive ketones (excluding diaryl/α,β-unsaturated/α-hetero) is 1. The second kappa shape index (κ2) is 10.2. The molecule has 0 aromatic heterocycles. The number of hydrogen-bond acceptors (Lipinski definition) is 3. The van der Waals surface area contributed by atoms with Crippen LogP contribution in [0.2, 0.25) is 0 Å². The lowest BCUT2D eigenvalue weighted by molar-refractivity contribution is -0.893. The minimum absolute atomic E-state index is 0.0611. The molecule has 0 bridgehead atoms. The highest BCUT2D eigenvalue weighted by atomic mass is 16.5. The summed E-state index contributed by atoms with van der Waals surface area (Å²) in [5.74, 6) is 0.612. The molecule has 0 spiro atoms. The van der Waals surface area contributed by atoms with Gasteiger partial charge < -0.3 is 14.3 Å². The van der Waals surface area contributed by atoms with Crippen molar-refractivity contribution in [3.05, 3.63) is 65.7 Å². The van der Waals surface area contributed by atoms with Crippen molar-refractivity contribution in [1.29, 1.82) is 0 Å². The average Bonchev–Trinajstić information content (AvgIpc) is 2.65. The van der Waals surface area contributed by atoms with E-state index < -0.39 is 6.10 Å². The molecular formula is C23H32NO3+. The zero-order chi connectivity index (χ0) is 19.7. The topological polar surface area (TPSA) is 46.5 Å². The van der Waals surface area contributed by atoms with E-state index >= 15 is 0 Å². The van der Waals surface area contributed by atoms with Crippen molar-refractivity contribution in [2.24, 2.45) is 0 Å². The number of ketones is 1. The lowest BCUT2D eigenvalue weighted by atomic mass is 10.0. The number of aliphatic hydroxyl groups excluding tert-OH is 1. The first-order valence-electron chi connectivity index (χ1n) is 9.70. The average molecular weight is 371 g/mol. The first-order chi connectivity index (χ1) is 12.9. The molecule has 0 fully saturated rings. The van der Waals surface area contributed by atoms with Crippen molar-refractivity contribution >= 4 is 5.78 Å². The Labute approximate surface area is 163 Å². The zero-order valence-corrected chi connectivity index (χ0v) is 16.7. The van der Waals surface area contributed by atoms with E-state index in [1.54, 1.807) is 12.1 Å². The number of ether oxygens (including phenoxy) is 1. The van der Waals surface area contributed by atoms with Crippen LogP contribution in [0.5, 0.6) is 5.75 Å². The highest BCUT2D eigenvalue weighted by molar-refractivity contribution is 5.98. The van der Waals surface area contributed by atoms with Crippen LogP contribution < -0.4 is 4.74 Å². The van der Waals surface area contributed by atoms with Crippen LogP contribution in [0, 0.1) is 0 Å². The quantitative estimate of drug-likeness (QED) is 0.484. The van der Waals surface area contributed by atoms with E-state index in [2.05, 4.69) is 21.0 Å². The van der Waals surface area contributed by atoms with E-state index in [0.29, 0.717) is 30.7 Å². The maximum atomic E-state index is 12.7. The molecule has 1 unspecified atom stereocenters. The summed E-state index contributed by atoms with van der Waals surface area (Å²) in [6.07, 6.45) is 1.64. The Morgan fingerprint density at radius 1 is 1.07 bits per heavy atom. The number of rotatable bonds is 11. The van der Waals surface area contributed by atoms with E-state index in [4.69, 9.17) is 4.74 Å². The SMILES string of the molecule is CCC[N+](C)(C)CC(O)COc1ccccc1C(=O)CCc1ccccc1. The number of aryl methyl sites for hydroxylation is 1. The van der Waals surface area contributed by atoms with Gasteiger partial charge in [-0.15, -0.1) is 0 Å². The lowest BCUT2D eigenvalue weighted by Gasteiger charge is -2.31. The van der Waals surface area contributed by atoms with Gasteiger partial charge in [0.15, 0.2) is 5.78 Å². The fourth-order valence-corrected chi connectivity index (χ4v) is 3.37. The zero-order valence-electron chi connectivity index (χ0n) is 16.7. The van der Waals surface area contributed by atoms with Crippen molar-refractivity contribution in [3.63, 3.8) is 0 Å². The van der Waals surface area contributed by atoms with Gasteiger partial charge in [-0.2, -0.15) is 0 Å². The second-order valence-electron chi connectivity index (χ2n) is 7.71. The molecule has 146 valence electrons. The van der Waals surface area contributed by atoms with Crippen molar-refractivity contribution < 1.29 is 19.1 Å². The number of carbonyl (C=O) groups excluding carboxylic acids is 1. The summed E-state index contributed by atoms with van der Waals surface area (Å²) in [5, 5.41) is 10.3. The van der Waals surface area contributed by atoms with Crippen molar-refractivity contribution in [1.82, 2.24) is 0 Å². The first-order valence-corrected chi connectivity index (χ1v) is 9.70. The fraction of sp³-hybridized carbons (Fsp3) is 0.435. The lowest BCUT2D eigenvalue weighted by Crippen LogP contribution is -2.47.